The summed E-state index contributed by atoms with van der Waals surface area (Å²) in [5, 5.41) is 3.26. The number of hydrogen-bond donors (Lipinski definition) is 2. The molecule has 0 radical (unpaired) electrons. The van der Waals surface area contributed by atoms with Crippen molar-refractivity contribution in [3.8, 4) is 11.5 Å². The Morgan fingerprint density at radius 1 is 0.906 bits per heavy atom. The van der Waals surface area contributed by atoms with Gasteiger partial charge in [-0.3, -0.25) is 9.52 Å². The predicted octanol–water partition coefficient (Wildman–Crippen LogP) is 4.89. The number of thioether (sulfide) groups is 1. The average molecular weight is 493 g/mol. The third kappa shape index (κ3) is 6.32. The molecule has 0 aliphatic rings. The SMILES string of the molecule is COc1ccc(SCC(=O)Nc2ccc(S(=O)(=O)Nc3ccc(Cl)cc3)cc2)cc1OC. The second kappa shape index (κ2) is 10.6. The van der Waals surface area contributed by atoms with Crippen LogP contribution < -0.4 is 19.5 Å². The fourth-order valence-electron chi connectivity index (χ4n) is 2.70. The molecule has 3 aromatic carbocycles. The highest BCUT2D eigenvalue weighted by Gasteiger charge is 2.14. The molecule has 3 rings (SSSR count). The minimum Gasteiger partial charge on any atom is -0.493 e. The Labute approximate surface area is 196 Å². The van der Waals surface area contributed by atoms with E-state index < -0.39 is 10.0 Å². The van der Waals surface area contributed by atoms with Crippen LogP contribution in [0.2, 0.25) is 5.02 Å². The largest absolute Gasteiger partial charge is 0.493 e. The van der Waals surface area contributed by atoms with E-state index in [9.17, 15) is 13.2 Å². The number of rotatable bonds is 9. The zero-order valence-electron chi connectivity index (χ0n) is 17.3. The number of benzene rings is 3. The van der Waals surface area contributed by atoms with Gasteiger partial charge in [-0.2, -0.15) is 0 Å². The number of ether oxygens (including phenoxy) is 2. The van der Waals surface area contributed by atoms with Crippen LogP contribution in [0, 0.1) is 0 Å². The van der Waals surface area contributed by atoms with Gasteiger partial charge in [0.2, 0.25) is 5.91 Å². The summed E-state index contributed by atoms with van der Waals surface area (Å²) in [5.41, 5.74) is 0.896. The molecule has 0 atom stereocenters. The summed E-state index contributed by atoms with van der Waals surface area (Å²) >= 11 is 7.16. The molecular formula is C22H21ClN2O5S2. The van der Waals surface area contributed by atoms with Crippen LogP contribution in [0.4, 0.5) is 11.4 Å². The first-order valence-corrected chi connectivity index (χ1v) is 12.2. The second-order valence-corrected chi connectivity index (χ2v) is 9.66. The Bertz CT molecular complexity index is 1180. The van der Waals surface area contributed by atoms with Crippen molar-refractivity contribution in [2.75, 3.05) is 30.0 Å². The fraction of sp³-hybridized carbons (Fsp3) is 0.136. The summed E-state index contributed by atoms with van der Waals surface area (Å²) in [4.78, 5) is 13.2. The molecule has 0 aliphatic heterocycles. The zero-order valence-corrected chi connectivity index (χ0v) is 19.7. The van der Waals surface area contributed by atoms with Gasteiger partial charge in [-0.1, -0.05) is 11.6 Å². The normalized spacial score (nSPS) is 11.0. The molecule has 0 bridgehead atoms. The van der Waals surface area contributed by atoms with E-state index in [1.807, 2.05) is 6.07 Å². The molecule has 0 fully saturated rings. The Morgan fingerprint density at radius 3 is 2.16 bits per heavy atom. The molecule has 0 saturated heterocycles. The van der Waals surface area contributed by atoms with Crippen LogP contribution in [0.3, 0.4) is 0 Å². The van der Waals surface area contributed by atoms with Crippen molar-refractivity contribution < 1.29 is 22.7 Å². The molecule has 3 aromatic rings. The van der Waals surface area contributed by atoms with E-state index in [2.05, 4.69) is 10.0 Å². The van der Waals surface area contributed by atoms with Crippen molar-refractivity contribution in [1.82, 2.24) is 0 Å². The third-order valence-corrected chi connectivity index (χ3v) is 6.91. The van der Waals surface area contributed by atoms with Crippen molar-refractivity contribution in [2.45, 2.75) is 9.79 Å². The van der Waals surface area contributed by atoms with Crippen LogP contribution in [0.5, 0.6) is 11.5 Å². The van der Waals surface area contributed by atoms with E-state index in [-0.39, 0.29) is 16.6 Å². The van der Waals surface area contributed by atoms with Gasteiger partial charge in [-0.15, -0.1) is 11.8 Å². The van der Waals surface area contributed by atoms with E-state index in [4.69, 9.17) is 21.1 Å². The lowest BCUT2D eigenvalue weighted by Crippen LogP contribution is -2.15. The van der Waals surface area contributed by atoms with E-state index in [1.165, 1.54) is 36.0 Å². The van der Waals surface area contributed by atoms with Gasteiger partial charge in [-0.25, -0.2) is 8.42 Å². The number of sulfonamides is 1. The minimum atomic E-state index is -3.76. The van der Waals surface area contributed by atoms with Crippen molar-refractivity contribution in [3.63, 3.8) is 0 Å². The number of anilines is 2. The molecule has 32 heavy (non-hydrogen) atoms. The predicted molar refractivity (Wildman–Crippen MR) is 128 cm³/mol. The Hall–Kier alpha value is -2.88. The molecule has 0 aromatic heterocycles. The quantitative estimate of drug-likeness (QED) is 0.413. The molecule has 1 amide bonds. The maximum absolute atomic E-state index is 12.5. The van der Waals surface area contributed by atoms with Crippen LogP contribution in [-0.4, -0.2) is 34.3 Å². The summed E-state index contributed by atoms with van der Waals surface area (Å²) in [6.07, 6.45) is 0. The summed E-state index contributed by atoms with van der Waals surface area (Å²) in [6.45, 7) is 0. The maximum Gasteiger partial charge on any atom is 0.261 e. The van der Waals surface area contributed by atoms with Crippen LogP contribution in [0.1, 0.15) is 0 Å². The number of amides is 1. The zero-order chi connectivity index (χ0) is 23.1. The number of carbonyl (C=O) groups is 1. The Balaban J connectivity index is 1.58. The highest BCUT2D eigenvalue weighted by atomic mass is 35.5. The topological polar surface area (TPSA) is 93.7 Å². The average Bonchev–Trinajstić information content (AvgIpc) is 2.79. The standard InChI is InChI=1S/C22H21ClN2O5S2/c1-29-20-12-9-18(13-21(20)30-2)31-14-22(26)24-16-7-10-19(11-8-16)32(27,28)25-17-5-3-15(23)4-6-17/h3-13,25H,14H2,1-2H3,(H,24,26). The van der Waals surface area contributed by atoms with Crippen LogP contribution in [0.25, 0.3) is 0 Å². The van der Waals surface area contributed by atoms with E-state index in [0.717, 1.165) is 4.90 Å². The van der Waals surface area contributed by atoms with E-state index in [1.54, 1.807) is 50.6 Å². The summed E-state index contributed by atoms with van der Waals surface area (Å²) < 4.78 is 38.0. The van der Waals surface area contributed by atoms with Gasteiger partial charge in [0, 0.05) is 21.3 Å². The highest BCUT2D eigenvalue weighted by Crippen LogP contribution is 2.32. The van der Waals surface area contributed by atoms with Gasteiger partial charge in [0.25, 0.3) is 10.0 Å². The number of nitrogens with one attached hydrogen (secondary N) is 2. The molecule has 10 heteroatoms. The molecule has 7 nitrogen and oxygen atoms in total. The van der Waals surface area contributed by atoms with Gasteiger partial charge in [-0.05, 0) is 66.7 Å². The molecule has 0 saturated carbocycles. The molecule has 0 unspecified atom stereocenters. The lowest BCUT2D eigenvalue weighted by Gasteiger charge is -2.10. The summed E-state index contributed by atoms with van der Waals surface area (Å²) in [5.74, 6) is 1.15. The molecule has 0 heterocycles. The lowest BCUT2D eigenvalue weighted by atomic mass is 10.3. The van der Waals surface area contributed by atoms with Crippen LogP contribution >= 0.6 is 23.4 Å². The number of methoxy groups -OCH3 is 2. The maximum atomic E-state index is 12.5. The Kier molecular flexibility index (Phi) is 7.89. The first kappa shape index (κ1) is 23.8. The van der Waals surface area contributed by atoms with Crippen molar-refractivity contribution >= 4 is 50.7 Å². The van der Waals surface area contributed by atoms with E-state index in [0.29, 0.717) is 27.9 Å². The van der Waals surface area contributed by atoms with Gasteiger partial charge >= 0.3 is 0 Å². The molecule has 0 spiro atoms. The summed E-state index contributed by atoms with van der Waals surface area (Å²) in [6, 6.07) is 17.7. The van der Waals surface area contributed by atoms with Gasteiger partial charge in [0.15, 0.2) is 11.5 Å². The van der Waals surface area contributed by atoms with Gasteiger partial charge in [0.1, 0.15) is 0 Å². The molecular weight excluding hydrogens is 472 g/mol. The van der Waals surface area contributed by atoms with Crippen molar-refractivity contribution in [2.24, 2.45) is 0 Å². The monoisotopic (exact) mass is 492 g/mol. The smallest absolute Gasteiger partial charge is 0.261 e. The Morgan fingerprint density at radius 2 is 1.53 bits per heavy atom. The van der Waals surface area contributed by atoms with Gasteiger partial charge < -0.3 is 14.8 Å². The third-order valence-electron chi connectivity index (χ3n) is 4.27. The van der Waals surface area contributed by atoms with Crippen LogP contribution in [-0.2, 0) is 14.8 Å². The molecule has 0 aliphatic carbocycles. The summed E-state index contributed by atoms with van der Waals surface area (Å²) in [7, 11) is -0.655. The van der Waals surface area contributed by atoms with Gasteiger partial charge in [0.05, 0.1) is 24.9 Å². The molecule has 168 valence electrons. The minimum absolute atomic E-state index is 0.0742. The first-order chi connectivity index (χ1) is 15.3. The first-order valence-electron chi connectivity index (χ1n) is 9.34. The van der Waals surface area contributed by atoms with Crippen LogP contribution in [0.15, 0.2) is 76.5 Å². The number of halogens is 1. The van der Waals surface area contributed by atoms with E-state index >= 15 is 0 Å². The lowest BCUT2D eigenvalue weighted by molar-refractivity contribution is -0.113. The highest BCUT2D eigenvalue weighted by molar-refractivity contribution is 8.00. The number of hydrogen-bond acceptors (Lipinski definition) is 6. The fourth-order valence-corrected chi connectivity index (χ4v) is 4.61. The number of carbonyl (C=O) groups excluding carboxylic acids is 1. The van der Waals surface area contributed by atoms with Crippen molar-refractivity contribution in [1.29, 1.82) is 0 Å². The van der Waals surface area contributed by atoms with Crippen molar-refractivity contribution in [3.05, 3.63) is 71.8 Å². The molecule has 2 N–H and O–H groups in total. The second-order valence-electron chi connectivity index (χ2n) is 6.49.